The molecule has 114 valence electrons. The largest absolute Gasteiger partial charge is 0.383 e. The zero-order valence-corrected chi connectivity index (χ0v) is 15.3. The molecule has 0 aliphatic carbocycles. The first-order chi connectivity index (χ1) is 9.65. The highest BCUT2D eigenvalue weighted by molar-refractivity contribution is 9.10. The second-order valence-corrected chi connectivity index (χ2v) is 6.88. The fourth-order valence-electron chi connectivity index (χ4n) is 2.18. The Bertz CT molecular complexity index is 373. The van der Waals surface area contributed by atoms with Crippen LogP contribution in [0.1, 0.15) is 58.3 Å². The first-order valence-electron chi connectivity index (χ1n) is 7.53. The van der Waals surface area contributed by atoms with Crippen molar-refractivity contribution in [3.05, 3.63) is 26.7 Å². The highest BCUT2D eigenvalue weighted by atomic mass is 79.9. The molecule has 0 bridgehead atoms. The van der Waals surface area contributed by atoms with Gasteiger partial charge in [0.25, 0.3) is 0 Å². The van der Waals surface area contributed by atoms with E-state index in [4.69, 9.17) is 23.2 Å². The molecule has 4 heteroatoms. The molecule has 0 aromatic heterocycles. The number of unbranched alkanes of at least 4 members (excludes halogenated alkanes) is 7. The van der Waals surface area contributed by atoms with Crippen molar-refractivity contribution in [2.75, 3.05) is 11.9 Å². The van der Waals surface area contributed by atoms with E-state index in [1.54, 1.807) is 0 Å². The van der Waals surface area contributed by atoms with Crippen LogP contribution in [0.3, 0.4) is 0 Å². The van der Waals surface area contributed by atoms with Gasteiger partial charge < -0.3 is 5.32 Å². The van der Waals surface area contributed by atoms with Gasteiger partial charge in [-0.1, -0.05) is 91.0 Å². The number of anilines is 1. The van der Waals surface area contributed by atoms with Crippen molar-refractivity contribution in [3.63, 3.8) is 0 Å². The van der Waals surface area contributed by atoms with Gasteiger partial charge >= 0.3 is 0 Å². The first-order valence-corrected chi connectivity index (χ1v) is 9.08. The van der Waals surface area contributed by atoms with E-state index in [1.807, 2.05) is 12.1 Å². The second kappa shape index (κ2) is 10.8. The van der Waals surface area contributed by atoms with Crippen LogP contribution in [0.25, 0.3) is 0 Å². The summed E-state index contributed by atoms with van der Waals surface area (Å²) in [4.78, 5) is 0. The zero-order chi connectivity index (χ0) is 14.8. The second-order valence-electron chi connectivity index (χ2n) is 5.15. The molecule has 1 nitrogen and oxygen atoms in total. The molecule has 0 fully saturated rings. The normalized spacial score (nSPS) is 10.8. The van der Waals surface area contributed by atoms with Crippen molar-refractivity contribution in [2.45, 2.75) is 58.3 Å². The molecule has 0 spiro atoms. The van der Waals surface area contributed by atoms with Crippen LogP contribution < -0.4 is 5.32 Å². The molecule has 1 aromatic rings. The van der Waals surface area contributed by atoms with E-state index >= 15 is 0 Å². The summed E-state index contributed by atoms with van der Waals surface area (Å²) in [5, 5.41) is 4.68. The molecule has 0 radical (unpaired) electrons. The molecule has 0 aliphatic rings. The van der Waals surface area contributed by atoms with E-state index in [1.165, 1.54) is 44.9 Å². The zero-order valence-electron chi connectivity index (χ0n) is 12.2. The number of rotatable bonds is 10. The van der Waals surface area contributed by atoms with Crippen LogP contribution in [0.2, 0.25) is 10.0 Å². The average Bonchev–Trinajstić information content (AvgIpc) is 2.39. The third kappa shape index (κ3) is 7.19. The molecule has 0 amide bonds. The van der Waals surface area contributed by atoms with Gasteiger partial charge in [-0.25, -0.2) is 0 Å². The van der Waals surface area contributed by atoms with Crippen LogP contribution in [0, 0.1) is 0 Å². The molecule has 0 aliphatic heterocycles. The summed E-state index contributed by atoms with van der Waals surface area (Å²) in [6.07, 6.45) is 10.6. The minimum Gasteiger partial charge on any atom is -0.383 e. The molecular formula is C16H24BrCl2N. The van der Waals surface area contributed by atoms with Gasteiger partial charge in [-0.15, -0.1) is 0 Å². The predicted octanol–water partition coefficient (Wildman–Crippen LogP) is 7.31. The Morgan fingerprint density at radius 3 is 1.95 bits per heavy atom. The van der Waals surface area contributed by atoms with Gasteiger partial charge in [-0.3, -0.25) is 0 Å². The summed E-state index contributed by atoms with van der Waals surface area (Å²) in [5.74, 6) is 0. The van der Waals surface area contributed by atoms with Crippen molar-refractivity contribution in [3.8, 4) is 0 Å². The fourth-order valence-corrected chi connectivity index (χ4v) is 3.53. The van der Waals surface area contributed by atoms with E-state index < -0.39 is 0 Å². The highest BCUT2D eigenvalue weighted by Crippen LogP contribution is 2.33. The van der Waals surface area contributed by atoms with Crippen LogP contribution in [-0.4, -0.2) is 6.54 Å². The SMILES string of the molecule is CCCCCCCCCCNc1c(Cl)cc(Br)cc1Cl. The van der Waals surface area contributed by atoms with E-state index in [0.717, 1.165) is 23.1 Å². The Labute approximate surface area is 141 Å². The first kappa shape index (κ1) is 18.1. The molecule has 20 heavy (non-hydrogen) atoms. The summed E-state index contributed by atoms with van der Waals surface area (Å²) in [6.45, 7) is 3.18. The van der Waals surface area contributed by atoms with Gasteiger partial charge in [0.2, 0.25) is 0 Å². The molecule has 1 N–H and O–H groups in total. The van der Waals surface area contributed by atoms with Crippen molar-refractivity contribution in [1.82, 2.24) is 0 Å². The topological polar surface area (TPSA) is 12.0 Å². The monoisotopic (exact) mass is 379 g/mol. The van der Waals surface area contributed by atoms with Crippen LogP contribution >= 0.6 is 39.1 Å². The van der Waals surface area contributed by atoms with Gasteiger partial charge in [0.15, 0.2) is 0 Å². The van der Waals surface area contributed by atoms with Gasteiger partial charge in [0.05, 0.1) is 15.7 Å². The summed E-state index contributed by atoms with van der Waals surface area (Å²) in [6, 6.07) is 3.73. The maximum Gasteiger partial charge on any atom is 0.0719 e. The van der Waals surface area contributed by atoms with Crippen LogP contribution in [-0.2, 0) is 0 Å². The maximum atomic E-state index is 6.17. The Balaban J connectivity index is 2.13. The molecule has 1 rings (SSSR count). The third-order valence-electron chi connectivity index (χ3n) is 3.34. The van der Waals surface area contributed by atoms with Crippen LogP contribution in [0.4, 0.5) is 5.69 Å². The third-order valence-corrected chi connectivity index (χ3v) is 4.39. The summed E-state index contributed by atoms with van der Waals surface area (Å²) in [7, 11) is 0. The van der Waals surface area contributed by atoms with E-state index in [0.29, 0.717) is 10.0 Å². The lowest BCUT2D eigenvalue weighted by atomic mass is 10.1. The van der Waals surface area contributed by atoms with Crippen molar-refractivity contribution in [1.29, 1.82) is 0 Å². The molecule has 1 aromatic carbocycles. The molecule has 0 atom stereocenters. The molecule has 0 saturated carbocycles. The lowest BCUT2D eigenvalue weighted by Crippen LogP contribution is -2.02. The number of benzene rings is 1. The lowest BCUT2D eigenvalue weighted by Gasteiger charge is -2.11. The van der Waals surface area contributed by atoms with Crippen molar-refractivity contribution in [2.24, 2.45) is 0 Å². The number of nitrogens with one attached hydrogen (secondary N) is 1. The Kier molecular flexibility index (Phi) is 9.75. The fraction of sp³-hybridized carbons (Fsp3) is 0.625. The maximum absolute atomic E-state index is 6.17. The van der Waals surface area contributed by atoms with Crippen LogP contribution in [0.5, 0.6) is 0 Å². The van der Waals surface area contributed by atoms with Gasteiger partial charge in [-0.2, -0.15) is 0 Å². The van der Waals surface area contributed by atoms with Gasteiger partial charge in [0.1, 0.15) is 0 Å². The summed E-state index contributed by atoms with van der Waals surface area (Å²) < 4.78 is 0.908. The van der Waals surface area contributed by atoms with E-state index in [-0.39, 0.29) is 0 Å². The highest BCUT2D eigenvalue weighted by Gasteiger charge is 2.06. The quantitative estimate of drug-likeness (QED) is 0.419. The minimum atomic E-state index is 0.670. The van der Waals surface area contributed by atoms with E-state index in [9.17, 15) is 0 Å². The summed E-state index contributed by atoms with van der Waals surface area (Å²) >= 11 is 15.7. The Hall–Kier alpha value is 0.0800. The number of halogens is 3. The Morgan fingerprint density at radius 1 is 0.900 bits per heavy atom. The molecular weight excluding hydrogens is 357 g/mol. The average molecular weight is 381 g/mol. The molecule has 0 saturated heterocycles. The number of hydrogen-bond acceptors (Lipinski definition) is 1. The predicted molar refractivity (Wildman–Crippen MR) is 95.3 cm³/mol. The Morgan fingerprint density at radius 2 is 1.40 bits per heavy atom. The standard InChI is InChI=1S/C16H24BrCl2N/c1-2-3-4-5-6-7-8-9-10-20-16-14(18)11-13(17)12-15(16)19/h11-12,20H,2-10H2,1H3. The molecule has 0 heterocycles. The lowest BCUT2D eigenvalue weighted by molar-refractivity contribution is 0.581. The van der Waals surface area contributed by atoms with Crippen molar-refractivity contribution < 1.29 is 0 Å². The smallest absolute Gasteiger partial charge is 0.0719 e. The van der Waals surface area contributed by atoms with Gasteiger partial charge in [-0.05, 0) is 18.6 Å². The summed E-state index contributed by atoms with van der Waals surface area (Å²) in [5.41, 5.74) is 0.847. The minimum absolute atomic E-state index is 0.670. The molecule has 0 unspecified atom stereocenters. The number of hydrogen-bond donors (Lipinski definition) is 1. The van der Waals surface area contributed by atoms with Gasteiger partial charge in [0, 0.05) is 11.0 Å². The van der Waals surface area contributed by atoms with E-state index in [2.05, 4.69) is 28.2 Å². The van der Waals surface area contributed by atoms with Crippen LogP contribution in [0.15, 0.2) is 16.6 Å². The van der Waals surface area contributed by atoms with Crippen molar-refractivity contribution >= 4 is 44.8 Å².